The Hall–Kier alpha value is -1.78. The van der Waals surface area contributed by atoms with E-state index in [0.717, 1.165) is 11.4 Å². The molecule has 1 aromatic carbocycles. The first-order valence-corrected chi connectivity index (χ1v) is 6.51. The molecule has 2 N–H and O–H groups in total. The van der Waals surface area contributed by atoms with Crippen LogP contribution in [0.4, 0.5) is 0 Å². The van der Waals surface area contributed by atoms with Gasteiger partial charge >= 0.3 is 0 Å². The van der Waals surface area contributed by atoms with E-state index in [0.29, 0.717) is 18.2 Å². The lowest BCUT2D eigenvalue weighted by Gasteiger charge is -2.07. The fourth-order valence-corrected chi connectivity index (χ4v) is 2.36. The predicted octanol–water partition coefficient (Wildman–Crippen LogP) is 2.54. The van der Waals surface area contributed by atoms with Crippen molar-refractivity contribution in [2.45, 2.75) is 13.1 Å². The van der Waals surface area contributed by atoms with Gasteiger partial charge in [-0.1, -0.05) is 23.7 Å². The minimum atomic E-state index is 0.551. The second-order valence-corrected chi connectivity index (χ2v) is 4.98. The van der Waals surface area contributed by atoms with Gasteiger partial charge in [0.05, 0.1) is 12.7 Å². The number of fused-ring (bicyclic) bond motifs is 1. The molecule has 0 aliphatic rings. The molecule has 0 radical (unpaired) electrons. The fraction of sp³-hybridized carbons (Fsp3) is 0.214. The summed E-state index contributed by atoms with van der Waals surface area (Å²) in [6.07, 6.45) is 3.74. The summed E-state index contributed by atoms with van der Waals surface area (Å²) >= 11 is 6.01. The quantitative estimate of drug-likeness (QED) is 0.798. The molecule has 3 rings (SSSR count). The van der Waals surface area contributed by atoms with Crippen LogP contribution in [0.15, 0.2) is 36.7 Å². The van der Waals surface area contributed by atoms with Crippen molar-refractivity contribution in [3.8, 4) is 0 Å². The number of imidazole rings is 1. The van der Waals surface area contributed by atoms with E-state index in [1.54, 1.807) is 6.20 Å². The van der Waals surface area contributed by atoms with Crippen LogP contribution in [0.2, 0.25) is 5.15 Å². The van der Waals surface area contributed by atoms with Gasteiger partial charge in [-0.2, -0.15) is 0 Å². The molecule has 98 valence electrons. The highest BCUT2D eigenvalue weighted by Gasteiger charge is 2.07. The highest BCUT2D eigenvalue weighted by atomic mass is 35.5. The number of benzene rings is 1. The van der Waals surface area contributed by atoms with Crippen molar-refractivity contribution in [1.29, 1.82) is 0 Å². The van der Waals surface area contributed by atoms with Gasteiger partial charge in [-0.25, -0.2) is 4.98 Å². The molecule has 0 atom stereocenters. The molecular weight excluding hydrogens is 260 g/mol. The summed E-state index contributed by atoms with van der Waals surface area (Å²) in [4.78, 5) is 4.33. The SMILES string of the molecule is Cn1c(Cl)cnc1Cn1ccc2ccc(CN)cc21. The van der Waals surface area contributed by atoms with Crippen molar-refractivity contribution in [2.75, 3.05) is 0 Å². The smallest absolute Gasteiger partial charge is 0.129 e. The maximum absolute atomic E-state index is 6.01. The van der Waals surface area contributed by atoms with Crippen LogP contribution in [0.3, 0.4) is 0 Å². The van der Waals surface area contributed by atoms with E-state index in [1.165, 1.54) is 10.9 Å². The van der Waals surface area contributed by atoms with Gasteiger partial charge in [0.1, 0.15) is 11.0 Å². The Morgan fingerprint density at radius 3 is 2.84 bits per heavy atom. The van der Waals surface area contributed by atoms with Gasteiger partial charge in [-0.3, -0.25) is 0 Å². The Morgan fingerprint density at radius 2 is 2.16 bits per heavy atom. The molecule has 2 heterocycles. The van der Waals surface area contributed by atoms with Crippen molar-refractivity contribution in [3.63, 3.8) is 0 Å². The number of nitrogens with two attached hydrogens (primary N) is 1. The lowest BCUT2D eigenvalue weighted by molar-refractivity contribution is 0.718. The van der Waals surface area contributed by atoms with Crippen LogP contribution in [0.25, 0.3) is 10.9 Å². The van der Waals surface area contributed by atoms with Crippen molar-refractivity contribution in [3.05, 3.63) is 53.2 Å². The maximum Gasteiger partial charge on any atom is 0.129 e. The molecule has 3 aromatic rings. The summed E-state index contributed by atoms with van der Waals surface area (Å²) < 4.78 is 4.05. The largest absolute Gasteiger partial charge is 0.340 e. The Labute approximate surface area is 116 Å². The number of rotatable bonds is 3. The topological polar surface area (TPSA) is 48.8 Å². The molecule has 0 saturated heterocycles. The molecule has 0 fully saturated rings. The predicted molar refractivity (Wildman–Crippen MR) is 77.1 cm³/mol. The number of halogens is 1. The zero-order valence-corrected chi connectivity index (χ0v) is 11.4. The Bertz CT molecular complexity index is 726. The molecule has 0 amide bonds. The van der Waals surface area contributed by atoms with Gasteiger partial charge in [0.2, 0.25) is 0 Å². The molecule has 0 aliphatic carbocycles. The summed E-state index contributed by atoms with van der Waals surface area (Å²) in [6, 6.07) is 8.38. The van der Waals surface area contributed by atoms with Crippen LogP contribution < -0.4 is 5.73 Å². The zero-order chi connectivity index (χ0) is 13.4. The normalized spacial score (nSPS) is 11.3. The summed E-state index contributed by atoms with van der Waals surface area (Å²) in [7, 11) is 1.92. The van der Waals surface area contributed by atoms with E-state index in [1.807, 2.05) is 11.6 Å². The summed E-state index contributed by atoms with van der Waals surface area (Å²) in [6.45, 7) is 1.25. The molecule has 0 bridgehead atoms. The fourth-order valence-electron chi connectivity index (χ4n) is 2.22. The third-order valence-corrected chi connectivity index (χ3v) is 3.76. The molecule has 0 aliphatic heterocycles. The Balaban J connectivity index is 2.03. The van der Waals surface area contributed by atoms with Crippen LogP contribution in [0.5, 0.6) is 0 Å². The lowest BCUT2D eigenvalue weighted by Crippen LogP contribution is -2.05. The standard InChI is InChI=1S/C14H15ClN4/c1-18-13(15)8-17-14(18)9-19-5-4-11-3-2-10(7-16)6-12(11)19/h2-6,8H,7,9,16H2,1H3. The van der Waals surface area contributed by atoms with Crippen LogP contribution in [0.1, 0.15) is 11.4 Å². The van der Waals surface area contributed by atoms with Crippen LogP contribution in [-0.4, -0.2) is 14.1 Å². The Kier molecular flexibility index (Phi) is 3.05. The summed E-state index contributed by atoms with van der Waals surface area (Å²) in [5.74, 6) is 0.931. The minimum absolute atomic E-state index is 0.551. The molecule has 0 spiro atoms. The van der Waals surface area contributed by atoms with Crippen LogP contribution in [0, 0.1) is 0 Å². The number of hydrogen-bond acceptors (Lipinski definition) is 2. The maximum atomic E-state index is 6.01. The average molecular weight is 275 g/mol. The van der Waals surface area contributed by atoms with Crippen LogP contribution in [-0.2, 0) is 20.1 Å². The molecule has 5 heteroatoms. The monoisotopic (exact) mass is 274 g/mol. The summed E-state index contributed by atoms with van der Waals surface area (Å²) in [5, 5.41) is 1.85. The van der Waals surface area contributed by atoms with Crippen LogP contribution >= 0.6 is 11.6 Å². The Morgan fingerprint density at radius 1 is 1.32 bits per heavy atom. The third-order valence-electron chi connectivity index (χ3n) is 3.41. The van der Waals surface area contributed by atoms with Crippen molar-refractivity contribution < 1.29 is 0 Å². The third kappa shape index (κ3) is 2.13. The lowest BCUT2D eigenvalue weighted by atomic mass is 10.1. The van der Waals surface area contributed by atoms with Crippen molar-refractivity contribution in [2.24, 2.45) is 12.8 Å². The van der Waals surface area contributed by atoms with E-state index >= 15 is 0 Å². The van der Waals surface area contributed by atoms with Crippen molar-refractivity contribution >= 4 is 22.5 Å². The van der Waals surface area contributed by atoms with E-state index < -0.39 is 0 Å². The highest BCUT2D eigenvalue weighted by molar-refractivity contribution is 6.29. The number of nitrogens with zero attached hydrogens (tertiary/aromatic N) is 3. The first kappa shape index (κ1) is 12.3. The second kappa shape index (κ2) is 4.72. The first-order chi connectivity index (χ1) is 9.19. The van der Waals surface area contributed by atoms with Gasteiger partial charge < -0.3 is 14.9 Å². The number of aromatic nitrogens is 3. The highest BCUT2D eigenvalue weighted by Crippen LogP contribution is 2.19. The summed E-state index contributed by atoms with van der Waals surface area (Å²) in [5.41, 5.74) is 8.00. The van der Waals surface area contributed by atoms with E-state index in [2.05, 4.69) is 40.0 Å². The van der Waals surface area contributed by atoms with Gasteiger partial charge in [0, 0.05) is 25.3 Å². The minimum Gasteiger partial charge on any atom is -0.340 e. The molecule has 4 nitrogen and oxygen atoms in total. The molecule has 2 aromatic heterocycles. The number of hydrogen-bond donors (Lipinski definition) is 1. The molecular formula is C14H15ClN4. The van der Waals surface area contributed by atoms with Gasteiger partial charge in [-0.15, -0.1) is 0 Å². The van der Waals surface area contributed by atoms with E-state index in [-0.39, 0.29) is 0 Å². The second-order valence-electron chi connectivity index (χ2n) is 4.60. The first-order valence-electron chi connectivity index (χ1n) is 6.13. The van der Waals surface area contributed by atoms with Crippen molar-refractivity contribution in [1.82, 2.24) is 14.1 Å². The van der Waals surface area contributed by atoms with E-state index in [9.17, 15) is 0 Å². The zero-order valence-electron chi connectivity index (χ0n) is 10.7. The molecule has 0 saturated carbocycles. The molecule has 0 unspecified atom stereocenters. The van der Waals surface area contributed by atoms with E-state index in [4.69, 9.17) is 17.3 Å². The molecule has 19 heavy (non-hydrogen) atoms. The van der Waals surface area contributed by atoms with Gasteiger partial charge in [-0.05, 0) is 23.1 Å². The van der Waals surface area contributed by atoms with Gasteiger partial charge in [0.25, 0.3) is 0 Å². The average Bonchev–Trinajstić information content (AvgIpc) is 2.97. The van der Waals surface area contributed by atoms with Gasteiger partial charge in [0.15, 0.2) is 0 Å².